The molecule has 1 saturated heterocycles. The maximum Gasteiger partial charge on any atom is 0.148 e. The monoisotopic (exact) mass is 209 g/mol. The van der Waals surface area contributed by atoms with Crippen LogP contribution in [0.15, 0.2) is 24.3 Å². The molecule has 0 aliphatic carbocycles. The SMILES string of the molecule is CC(F)(c1ccc(O)cc1)C1CCCN1. The summed E-state index contributed by atoms with van der Waals surface area (Å²) in [6, 6.07) is 6.25. The first kappa shape index (κ1) is 10.4. The Morgan fingerprint density at radius 2 is 2.07 bits per heavy atom. The van der Waals surface area contributed by atoms with Gasteiger partial charge in [0, 0.05) is 6.04 Å². The molecule has 1 aliphatic rings. The van der Waals surface area contributed by atoms with Gasteiger partial charge in [-0.1, -0.05) is 12.1 Å². The van der Waals surface area contributed by atoms with Crippen LogP contribution in [0.1, 0.15) is 25.3 Å². The van der Waals surface area contributed by atoms with Crippen molar-refractivity contribution in [1.29, 1.82) is 0 Å². The first-order chi connectivity index (χ1) is 7.10. The Morgan fingerprint density at radius 3 is 2.60 bits per heavy atom. The van der Waals surface area contributed by atoms with Gasteiger partial charge in [-0.05, 0) is 44.0 Å². The van der Waals surface area contributed by atoms with Crippen molar-refractivity contribution < 1.29 is 9.50 Å². The van der Waals surface area contributed by atoms with E-state index in [2.05, 4.69) is 5.32 Å². The molecule has 1 fully saturated rings. The van der Waals surface area contributed by atoms with Gasteiger partial charge in [-0.3, -0.25) is 0 Å². The summed E-state index contributed by atoms with van der Waals surface area (Å²) in [5, 5.41) is 12.3. The van der Waals surface area contributed by atoms with Crippen molar-refractivity contribution in [3.05, 3.63) is 29.8 Å². The molecule has 2 nitrogen and oxygen atoms in total. The molecule has 0 bridgehead atoms. The number of phenolic OH excluding ortho intramolecular Hbond substituents is 1. The van der Waals surface area contributed by atoms with Crippen LogP contribution in [0.25, 0.3) is 0 Å². The molecule has 0 aromatic heterocycles. The van der Waals surface area contributed by atoms with Gasteiger partial charge < -0.3 is 10.4 Å². The van der Waals surface area contributed by atoms with Gasteiger partial charge in [0.25, 0.3) is 0 Å². The Morgan fingerprint density at radius 1 is 1.40 bits per heavy atom. The molecule has 82 valence electrons. The topological polar surface area (TPSA) is 32.3 Å². The van der Waals surface area contributed by atoms with Crippen LogP contribution in [0.5, 0.6) is 5.75 Å². The fourth-order valence-electron chi connectivity index (χ4n) is 2.14. The minimum absolute atomic E-state index is 0.109. The molecule has 1 aromatic carbocycles. The van der Waals surface area contributed by atoms with Crippen LogP contribution >= 0.6 is 0 Å². The summed E-state index contributed by atoms with van der Waals surface area (Å²) in [5.74, 6) is 0.175. The van der Waals surface area contributed by atoms with E-state index in [1.54, 1.807) is 19.1 Å². The number of aromatic hydroxyl groups is 1. The smallest absolute Gasteiger partial charge is 0.148 e. The van der Waals surface area contributed by atoms with E-state index in [-0.39, 0.29) is 11.8 Å². The predicted octanol–water partition coefficient (Wildman–Crippen LogP) is 2.33. The predicted molar refractivity (Wildman–Crippen MR) is 57.6 cm³/mol. The second-order valence-corrected chi connectivity index (χ2v) is 4.27. The van der Waals surface area contributed by atoms with Crippen molar-refractivity contribution in [2.45, 2.75) is 31.5 Å². The quantitative estimate of drug-likeness (QED) is 0.783. The van der Waals surface area contributed by atoms with Gasteiger partial charge in [0.15, 0.2) is 0 Å². The zero-order valence-corrected chi connectivity index (χ0v) is 8.83. The number of phenols is 1. The molecule has 0 amide bonds. The molecule has 2 unspecified atom stereocenters. The molecular formula is C12H16FNO. The molecule has 0 radical (unpaired) electrons. The zero-order valence-electron chi connectivity index (χ0n) is 8.83. The molecule has 2 rings (SSSR count). The maximum absolute atomic E-state index is 14.5. The van der Waals surface area contributed by atoms with Crippen molar-refractivity contribution in [1.82, 2.24) is 5.32 Å². The first-order valence-electron chi connectivity index (χ1n) is 5.32. The van der Waals surface area contributed by atoms with E-state index in [9.17, 15) is 4.39 Å². The van der Waals surface area contributed by atoms with Crippen molar-refractivity contribution in [2.75, 3.05) is 6.54 Å². The minimum atomic E-state index is -1.36. The van der Waals surface area contributed by atoms with E-state index in [4.69, 9.17) is 5.11 Å². The van der Waals surface area contributed by atoms with Crippen LogP contribution in [-0.4, -0.2) is 17.7 Å². The highest BCUT2D eigenvalue weighted by atomic mass is 19.1. The van der Waals surface area contributed by atoms with Crippen LogP contribution in [-0.2, 0) is 5.67 Å². The van der Waals surface area contributed by atoms with Crippen molar-refractivity contribution >= 4 is 0 Å². The van der Waals surface area contributed by atoms with E-state index in [1.165, 1.54) is 12.1 Å². The molecule has 1 heterocycles. The largest absolute Gasteiger partial charge is 0.508 e. The molecule has 0 saturated carbocycles. The summed E-state index contributed by atoms with van der Waals surface area (Å²) in [5.41, 5.74) is -0.732. The number of rotatable bonds is 2. The average Bonchev–Trinajstić information content (AvgIpc) is 2.71. The van der Waals surface area contributed by atoms with Gasteiger partial charge in [0.05, 0.1) is 0 Å². The average molecular weight is 209 g/mol. The summed E-state index contributed by atoms with van der Waals surface area (Å²) in [6.45, 7) is 2.49. The Balaban J connectivity index is 2.23. The molecule has 2 atom stereocenters. The summed E-state index contributed by atoms with van der Waals surface area (Å²) in [4.78, 5) is 0. The molecule has 15 heavy (non-hydrogen) atoms. The lowest BCUT2D eigenvalue weighted by Crippen LogP contribution is -2.39. The van der Waals surface area contributed by atoms with Crippen LogP contribution < -0.4 is 5.32 Å². The van der Waals surface area contributed by atoms with E-state index in [0.717, 1.165) is 19.4 Å². The molecule has 1 aromatic rings. The van der Waals surface area contributed by atoms with Gasteiger partial charge in [-0.15, -0.1) is 0 Å². The third-order valence-corrected chi connectivity index (χ3v) is 3.15. The summed E-state index contributed by atoms with van der Waals surface area (Å²) >= 11 is 0. The van der Waals surface area contributed by atoms with Crippen LogP contribution in [0, 0.1) is 0 Å². The van der Waals surface area contributed by atoms with Gasteiger partial charge in [-0.25, -0.2) is 4.39 Å². The van der Waals surface area contributed by atoms with Crippen molar-refractivity contribution in [3.8, 4) is 5.75 Å². The minimum Gasteiger partial charge on any atom is -0.508 e. The van der Waals surface area contributed by atoms with Gasteiger partial charge in [0.1, 0.15) is 11.4 Å². The van der Waals surface area contributed by atoms with E-state index in [0.29, 0.717) is 5.56 Å². The highest BCUT2D eigenvalue weighted by Crippen LogP contribution is 2.34. The molecule has 2 N–H and O–H groups in total. The van der Waals surface area contributed by atoms with E-state index < -0.39 is 5.67 Å². The normalized spacial score (nSPS) is 25.1. The summed E-state index contributed by atoms with van der Waals surface area (Å²) in [6.07, 6.45) is 1.90. The maximum atomic E-state index is 14.5. The number of hydrogen-bond donors (Lipinski definition) is 2. The van der Waals surface area contributed by atoms with Crippen LogP contribution in [0.3, 0.4) is 0 Å². The Labute approximate surface area is 89.1 Å². The first-order valence-corrected chi connectivity index (χ1v) is 5.32. The highest BCUT2D eigenvalue weighted by molar-refractivity contribution is 5.30. The Hall–Kier alpha value is -1.09. The Kier molecular flexibility index (Phi) is 2.65. The second-order valence-electron chi connectivity index (χ2n) is 4.27. The van der Waals surface area contributed by atoms with E-state index in [1.807, 2.05) is 0 Å². The number of benzene rings is 1. The number of halogens is 1. The lowest BCUT2D eigenvalue weighted by Gasteiger charge is -2.28. The molecule has 0 spiro atoms. The fraction of sp³-hybridized carbons (Fsp3) is 0.500. The van der Waals surface area contributed by atoms with Crippen LogP contribution in [0.4, 0.5) is 4.39 Å². The standard InChI is InChI=1S/C12H16FNO/c1-12(13,11-3-2-8-14-11)9-4-6-10(15)7-5-9/h4-7,11,14-15H,2-3,8H2,1H3. The van der Waals surface area contributed by atoms with Gasteiger partial charge >= 0.3 is 0 Å². The molecule has 3 heteroatoms. The summed E-state index contributed by atoms with van der Waals surface area (Å²) < 4.78 is 14.5. The third-order valence-electron chi connectivity index (χ3n) is 3.15. The number of alkyl halides is 1. The second kappa shape index (κ2) is 3.81. The number of nitrogens with one attached hydrogen (secondary N) is 1. The lowest BCUT2D eigenvalue weighted by molar-refractivity contribution is 0.137. The van der Waals surface area contributed by atoms with E-state index >= 15 is 0 Å². The highest BCUT2D eigenvalue weighted by Gasteiger charge is 2.37. The van der Waals surface area contributed by atoms with Crippen molar-refractivity contribution in [3.63, 3.8) is 0 Å². The Bertz CT molecular complexity index is 328. The summed E-state index contributed by atoms with van der Waals surface area (Å²) in [7, 11) is 0. The van der Waals surface area contributed by atoms with Crippen molar-refractivity contribution in [2.24, 2.45) is 0 Å². The van der Waals surface area contributed by atoms with Gasteiger partial charge in [-0.2, -0.15) is 0 Å². The lowest BCUT2D eigenvalue weighted by atomic mass is 9.89. The molecule has 1 aliphatic heterocycles. The third kappa shape index (κ3) is 1.97. The van der Waals surface area contributed by atoms with Gasteiger partial charge in [0.2, 0.25) is 0 Å². The fourth-order valence-corrected chi connectivity index (χ4v) is 2.14. The zero-order chi connectivity index (χ0) is 10.9. The number of hydrogen-bond acceptors (Lipinski definition) is 2. The molecular weight excluding hydrogens is 193 g/mol. The van der Waals surface area contributed by atoms with Crippen LogP contribution in [0.2, 0.25) is 0 Å².